The first-order valence-electron chi connectivity index (χ1n) is 5.19. The van der Waals surface area contributed by atoms with E-state index in [0.29, 0.717) is 10.1 Å². The van der Waals surface area contributed by atoms with Gasteiger partial charge in [-0.1, -0.05) is 11.6 Å². The zero-order chi connectivity index (χ0) is 13.7. The summed E-state index contributed by atoms with van der Waals surface area (Å²) in [4.78, 5) is 0. The molecule has 0 amide bonds. The first kappa shape index (κ1) is 14.0. The van der Waals surface area contributed by atoms with Crippen LogP contribution in [-0.4, -0.2) is 21.5 Å². The average Bonchev–Trinajstić information content (AvgIpc) is 2.78. The van der Waals surface area contributed by atoms with Gasteiger partial charge in [-0.2, -0.15) is 10.2 Å². The molecule has 0 unspecified atom stereocenters. The van der Waals surface area contributed by atoms with Crippen LogP contribution in [0.5, 0.6) is 0 Å². The van der Waals surface area contributed by atoms with Crippen molar-refractivity contribution in [3.63, 3.8) is 0 Å². The summed E-state index contributed by atoms with van der Waals surface area (Å²) in [5.74, 6) is 0. The molecule has 0 radical (unpaired) electrons. The minimum atomic E-state index is 0.384. The number of thiocarbonyl (C=S) groups is 1. The van der Waals surface area contributed by atoms with E-state index in [1.807, 2.05) is 12.1 Å². The Morgan fingerprint density at radius 1 is 1.42 bits per heavy atom. The van der Waals surface area contributed by atoms with Gasteiger partial charge >= 0.3 is 0 Å². The Labute approximate surface area is 128 Å². The van der Waals surface area contributed by atoms with Crippen LogP contribution in [0.1, 0.15) is 5.69 Å². The number of nitrogens with one attached hydrogen (secondary N) is 3. The van der Waals surface area contributed by atoms with Gasteiger partial charge in [-0.15, -0.1) is 0 Å². The van der Waals surface area contributed by atoms with Gasteiger partial charge in [-0.25, -0.2) is 0 Å². The van der Waals surface area contributed by atoms with E-state index in [1.54, 1.807) is 24.5 Å². The molecule has 0 fully saturated rings. The van der Waals surface area contributed by atoms with Gasteiger partial charge in [0.1, 0.15) is 0 Å². The highest BCUT2D eigenvalue weighted by Gasteiger charge is 1.98. The predicted molar refractivity (Wildman–Crippen MR) is 84.7 cm³/mol. The number of anilines is 1. The maximum atomic E-state index is 5.79. The summed E-state index contributed by atoms with van der Waals surface area (Å²) in [5, 5.41) is 14.6. The number of rotatable bonds is 3. The molecular weight excluding hydrogens is 350 g/mol. The second-order valence-electron chi connectivity index (χ2n) is 3.46. The zero-order valence-corrected chi connectivity index (χ0v) is 12.7. The fourth-order valence-corrected chi connectivity index (χ4v) is 1.81. The molecule has 0 aliphatic rings. The number of benzene rings is 1. The van der Waals surface area contributed by atoms with Crippen LogP contribution in [-0.2, 0) is 0 Å². The van der Waals surface area contributed by atoms with Crippen LogP contribution in [0, 0.1) is 0 Å². The summed E-state index contributed by atoms with van der Waals surface area (Å²) >= 11 is 14.2. The van der Waals surface area contributed by atoms with Crippen molar-refractivity contribution in [1.29, 1.82) is 0 Å². The topological polar surface area (TPSA) is 65.1 Å². The molecule has 0 spiro atoms. The van der Waals surface area contributed by atoms with Crippen molar-refractivity contribution in [1.82, 2.24) is 15.6 Å². The largest absolute Gasteiger partial charge is 0.331 e. The van der Waals surface area contributed by atoms with Gasteiger partial charge in [-0.3, -0.25) is 10.5 Å². The Bertz CT molecular complexity index is 595. The molecule has 2 rings (SSSR count). The molecule has 0 aliphatic carbocycles. The van der Waals surface area contributed by atoms with Gasteiger partial charge in [0.15, 0.2) is 5.11 Å². The molecule has 1 aromatic carbocycles. The average molecular weight is 359 g/mol. The smallest absolute Gasteiger partial charge is 0.191 e. The quantitative estimate of drug-likeness (QED) is 0.448. The fourth-order valence-electron chi connectivity index (χ4n) is 1.22. The molecule has 3 N–H and O–H groups in total. The van der Waals surface area contributed by atoms with E-state index in [1.165, 1.54) is 0 Å². The van der Waals surface area contributed by atoms with Crippen molar-refractivity contribution in [3.05, 3.63) is 45.7 Å². The molecule has 5 nitrogen and oxygen atoms in total. The lowest BCUT2D eigenvalue weighted by Crippen LogP contribution is -2.23. The second kappa shape index (κ2) is 6.65. The summed E-state index contributed by atoms with van der Waals surface area (Å²) in [6, 6.07) is 7.20. The van der Waals surface area contributed by atoms with Crippen molar-refractivity contribution >= 4 is 56.8 Å². The lowest BCUT2D eigenvalue weighted by atomic mass is 10.3. The number of hydrogen-bond acceptors (Lipinski definition) is 3. The highest BCUT2D eigenvalue weighted by atomic mass is 79.9. The van der Waals surface area contributed by atoms with Crippen molar-refractivity contribution in [2.75, 3.05) is 5.32 Å². The predicted octanol–water partition coefficient (Wildman–Crippen LogP) is 3.15. The minimum absolute atomic E-state index is 0.384. The summed E-state index contributed by atoms with van der Waals surface area (Å²) in [7, 11) is 0. The Balaban J connectivity index is 1.86. The molecule has 0 saturated heterocycles. The van der Waals surface area contributed by atoms with E-state index in [4.69, 9.17) is 23.8 Å². The van der Waals surface area contributed by atoms with Crippen molar-refractivity contribution in [3.8, 4) is 0 Å². The molecule has 0 atom stereocenters. The Hall–Kier alpha value is -1.44. The third-order valence-electron chi connectivity index (χ3n) is 2.08. The summed E-state index contributed by atoms with van der Waals surface area (Å²) in [5.41, 5.74) is 4.28. The van der Waals surface area contributed by atoms with Crippen molar-refractivity contribution in [2.24, 2.45) is 5.10 Å². The molecule has 8 heteroatoms. The van der Waals surface area contributed by atoms with Gasteiger partial charge in [0.05, 0.1) is 22.6 Å². The van der Waals surface area contributed by atoms with Crippen LogP contribution in [0.25, 0.3) is 0 Å². The standard InChI is InChI=1S/C11H9BrClN5S/c12-9-5-14-17-10(9)6-15-18-11(19)16-8-3-1-7(13)2-4-8/h1-6H,(H,14,17)(H2,16,18,19). The molecule has 1 aromatic heterocycles. The van der Waals surface area contributed by atoms with E-state index >= 15 is 0 Å². The Morgan fingerprint density at radius 3 is 2.79 bits per heavy atom. The van der Waals surface area contributed by atoms with E-state index in [0.717, 1.165) is 15.9 Å². The summed E-state index contributed by atoms with van der Waals surface area (Å²) in [6.45, 7) is 0. The minimum Gasteiger partial charge on any atom is -0.331 e. The van der Waals surface area contributed by atoms with Crippen LogP contribution in [0.15, 0.2) is 40.0 Å². The number of nitrogens with zero attached hydrogens (tertiary/aromatic N) is 2. The molecule has 19 heavy (non-hydrogen) atoms. The SMILES string of the molecule is S=C(NN=Cc1[nH]ncc1Br)Nc1ccc(Cl)cc1. The lowest BCUT2D eigenvalue weighted by Gasteiger charge is -2.06. The van der Waals surface area contributed by atoms with Gasteiger partial charge in [0.25, 0.3) is 0 Å². The molecule has 2 aromatic rings. The van der Waals surface area contributed by atoms with Crippen molar-refractivity contribution < 1.29 is 0 Å². The Kier molecular flexibility index (Phi) is 4.89. The van der Waals surface area contributed by atoms with Gasteiger partial charge < -0.3 is 5.32 Å². The van der Waals surface area contributed by atoms with E-state index in [-0.39, 0.29) is 0 Å². The van der Waals surface area contributed by atoms with Crippen LogP contribution in [0.2, 0.25) is 5.02 Å². The molecule has 1 heterocycles. The number of aromatic nitrogens is 2. The van der Waals surface area contributed by atoms with Crippen LogP contribution in [0.4, 0.5) is 5.69 Å². The maximum Gasteiger partial charge on any atom is 0.191 e. The highest BCUT2D eigenvalue weighted by molar-refractivity contribution is 9.10. The zero-order valence-electron chi connectivity index (χ0n) is 9.52. The third kappa shape index (κ3) is 4.30. The molecule has 0 aliphatic heterocycles. The first-order valence-corrected chi connectivity index (χ1v) is 6.77. The summed E-state index contributed by atoms with van der Waals surface area (Å²) < 4.78 is 0.828. The number of hydrazone groups is 1. The number of aromatic amines is 1. The van der Waals surface area contributed by atoms with E-state index in [9.17, 15) is 0 Å². The highest BCUT2D eigenvalue weighted by Crippen LogP contribution is 2.13. The van der Waals surface area contributed by atoms with Crippen LogP contribution < -0.4 is 10.7 Å². The lowest BCUT2D eigenvalue weighted by molar-refractivity contribution is 1.04. The first-order chi connectivity index (χ1) is 9.15. The molecule has 0 saturated carbocycles. The van der Waals surface area contributed by atoms with Crippen molar-refractivity contribution in [2.45, 2.75) is 0 Å². The fraction of sp³-hybridized carbons (Fsp3) is 0. The Morgan fingerprint density at radius 2 is 2.16 bits per heavy atom. The molecule has 0 bridgehead atoms. The molecular formula is C11H9BrClN5S. The number of halogens is 2. The molecule has 98 valence electrons. The second-order valence-corrected chi connectivity index (χ2v) is 5.16. The number of H-pyrrole nitrogens is 1. The van der Waals surface area contributed by atoms with Gasteiger partial charge in [0.2, 0.25) is 0 Å². The maximum absolute atomic E-state index is 5.79. The monoisotopic (exact) mass is 357 g/mol. The normalized spacial score (nSPS) is 10.6. The third-order valence-corrected chi connectivity index (χ3v) is 3.16. The summed E-state index contributed by atoms with van der Waals surface area (Å²) in [6.07, 6.45) is 3.22. The number of hydrogen-bond donors (Lipinski definition) is 3. The van der Waals surface area contributed by atoms with Crippen LogP contribution >= 0.6 is 39.7 Å². The van der Waals surface area contributed by atoms with Gasteiger partial charge in [0, 0.05) is 10.7 Å². The van der Waals surface area contributed by atoms with Crippen LogP contribution in [0.3, 0.4) is 0 Å². The van der Waals surface area contributed by atoms with Gasteiger partial charge in [-0.05, 0) is 52.4 Å². The van der Waals surface area contributed by atoms with E-state index < -0.39 is 0 Å². The van der Waals surface area contributed by atoms with E-state index in [2.05, 4.69) is 42.0 Å².